The Bertz CT molecular complexity index is 112. The van der Waals surface area contributed by atoms with E-state index in [1.54, 1.807) is 0 Å². The summed E-state index contributed by atoms with van der Waals surface area (Å²) < 4.78 is 5.46. The number of alkyl halides is 2. The van der Waals surface area contributed by atoms with E-state index >= 15 is 0 Å². The van der Waals surface area contributed by atoms with Crippen LogP contribution in [0.5, 0.6) is 0 Å². The molecule has 0 aromatic rings. The zero-order valence-corrected chi connectivity index (χ0v) is 11.0. The summed E-state index contributed by atoms with van der Waals surface area (Å²) in [5.74, 6) is 0. The number of hydrogen-bond acceptors (Lipinski definition) is 1. The van der Waals surface area contributed by atoms with Gasteiger partial charge in [-0.3, -0.25) is 0 Å². The van der Waals surface area contributed by atoms with Crippen molar-refractivity contribution in [2.24, 2.45) is 0 Å². The van der Waals surface area contributed by atoms with Crippen molar-refractivity contribution in [1.29, 1.82) is 0 Å². The first-order valence-electron chi connectivity index (χ1n) is 4.34. The largest absolute Gasteiger partial charge is 0.376 e. The number of hydrogen-bond donors (Lipinski definition) is 0. The summed E-state index contributed by atoms with van der Waals surface area (Å²) in [4.78, 5) is 0. The van der Waals surface area contributed by atoms with Crippen LogP contribution in [0.3, 0.4) is 0 Å². The molecule has 0 aromatic carbocycles. The van der Waals surface area contributed by atoms with E-state index in [9.17, 15) is 0 Å². The van der Waals surface area contributed by atoms with Gasteiger partial charge in [-0.1, -0.05) is 6.04 Å². The van der Waals surface area contributed by atoms with Gasteiger partial charge in [0.25, 0.3) is 0 Å². The van der Waals surface area contributed by atoms with Gasteiger partial charge in [-0.05, 0) is 27.2 Å². The molecule has 0 radical (unpaired) electrons. The quantitative estimate of drug-likeness (QED) is 0.400. The lowest BCUT2D eigenvalue weighted by molar-refractivity contribution is -0.00234. The van der Waals surface area contributed by atoms with Crippen molar-refractivity contribution in [2.45, 2.75) is 43.3 Å². The fraction of sp³-hybridized carbons (Fsp3) is 1.00. The SMILES string of the molecule is CC(C)(C)OCCC[SiH2]C(Cl)Cl. The summed E-state index contributed by atoms with van der Waals surface area (Å²) in [6.07, 6.45) is 1.10. The van der Waals surface area contributed by atoms with Crippen molar-refractivity contribution in [1.82, 2.24) is 0 Å². The Morgan fingerprint density at radius 1 is 1.33 bits per heavy atom. The molecule has 0 saturated heterocycles. The van der Waals surface area contributed by atoms with E-state index in [-0.39, 0.29) is 19.6 Å². The fourth-order valence-corrected chi connectivity index (χ4v) is 2.51. The van der Waals surface area contributed by atoms with Gasteiger partial charge in [0.2, 0.25) is 0 Å². The molecule has 12 heavy (non-hydrogen) atoms. The van der Waals surface area contributed by atoms with Gasteiger partial charge in [-0.25, -0.2) is 0 Å². The number of ether oxygens (including phenoxy) is 1. The van der Waals surface area contributed by atoms with E-state index in [2.05, 4.69) is 20.8 Å². The molecule has 0 amide bonds. The summed E-state index contributed by atoms with van der Waals surface area (Å²) in [6, 6.07) is 1.17. The van der Waals surface area contributed by atoms with Crippen LogP contribution in [0.2, 0.25) is 6.04 Å². The molecule has 1 nitrogen and oxygen atoms in total. The minimum absolute atomic E-state index is 0.0110. The molecule has 0 N–H and O–H groups in total. The van der Waals surface area contributed by atoms with Gasteiger partial charge in [0, 0.05) is 6.61 Å². The lowest BCUT2D eigenvalue weighted by Crippen LogP contribution is -2.20. The first kappa shape index (κ1) is 12.8. The summed E-state index contributed by atoms with van der Waals surface area (Å²) >= 11 is 11.3. The van der Waals surface area contributed by atoms with Crippen LogP contribution in [0, 0.1) is 0 Å². The third-order valence-electron chi connectivity index (χ3n) is 1.35. The molecular weight excluding hydrogens is 211 g/mol. The lowest BCUT2D eigenvalue weighted by atomic mass is 10.2. The predicted molar refractivity (Wildman–Crippen MR) is 59.2 cm³/mol. The topological polar surface area (TPSA) is 9.23 Å². The van der Waals surface area contributed by atoms with Crippen LogP contribution in [-0.4, -0.2) is 26.2 Å². The van der Waals surface area contributed by atoms with Crippen LogP contribution in [0.1, 0.15) is 27.2 Å². The molecule has 0 atom stereocenters. The highest BCUT2D eigenvalue weighted by atomic mass is 35.5. The normalized spacial score (nSPS) is 13.5. The van der Waals surface area contributed by atoms with Gasteiger partial charge in [0.15, 0.2) is 0 Å². The first-order valence-corrected chi connectivity index (χ1v) is 7.03. The Morgan fingerprint density at radius 3 is 2.33 bits per heavy atom. The molecule has 0 rings (SSSR count). The Hall–Kier alpha value is 0.757. The molecule has 0 aliphatic heterocycles. The third kappa shape index (κ3) is 10.8. The first-order chi connectivity index (χ1) is 5.42. The van der Waals surface area contributed by atoms with Crippen molar-refractivity contribution < 1.29 is 4.74 Å². The van der Waals surface area contributed by atoms with E-state index in [4.69, 9.17) is 27.9 Å². The zero-order chi connectivity index (χ0) is 9.61. The maximum atomic E-state index is 5.63. The monoisotopic (exact) mass is 228 g/mol. The molecule has 0 aliphatic rings. The van der Waals surface area contributed by atoms with Gasteiger partial charge in [0.05, 0.1) is 19.6 Å². The van der Waals surface area contributed by atoms with Crippen molar-refractivity contribution in [3.05, 3.63) is 0 Å². The Morgan fingerprint density at radius 2 is 1.92 bits per heavy atom. The molecule has 0 unspecified atom stereocenters. The molecule has 0 spiro atoms. The summed E-state index contributed by atoms with van der Waals surface area (Å²) in [5.41, 5.74) is -0.0110. The fourth-order valence-electron chi connectivity index (χ4n) is 0.779. The van der Waals surface area contributed by atoms with Gasteiger partial charge >= 0.3 is 0 Å². The van der Waals surface area contributed by atoms with Crippen molar-refractivity contribution in [3.8, 4) is 0 Å². The second-order valence-electron chi connectivity index (χ2n) is 3.85. The van der Waals surface area contributed by atoms with Crippen molar-refractivity contribution in [3.63, 3.8) is 0 Å². The minimum atomic E-state index is -0.267. The Labute approximate surface area is 87.6 Å². The summed E-state index contributed by atoms with van der Waals surface area (Å²) in [7, 11) is -0.267. The highest BCUT2D eigenvalue weighted by Crippen LogP contribution is 2.09. The van der Waals surface area contributed by atoms with E-state index in [0.717, 1.165) is 13.0 Å². The second kappa shape index (κ2) is 6.25. The maximum Gasteiger partial charge on any atom is 0.0908 e. The van der Waals surface area contributed by atoms with Gasteiger partial charge in [-0.2, -0.15) is 0 Å². The van der Waals surface area contributed by atoms with Gasteiger partial charge < -0.3 is 4.74 Å². The third-order valence-corrected chi connectivity index (χ3v) is 4.01. The Kier molecular flexibility index (Phi) is 6.64. The van der Waals surface area contributed by atoms with Crippen LogP contribution in [-0.2, 0) is 4.74 Å². The molecule has 0 bridgehead atoms. The van der Waals surface area contributed by atoms with E-state index in [1.165, 1.54) is 6.04 Å². The van der Waals surface area contributed by atoms with Crippen LogP contribution in [0.15, 0.2) is 0 Å². The average Bonchev–Trinajstić information content (AvgIpc) is 1.83. The molecule has 0 heterocycles. The van der Waals surface area contributed by atoms with Gasteiger partial charge in [0.1, 0.15) is 0 Å². The molecule has 4 heteroatoms. The highest BCUT2D eigenvalue weighted by Gasteiger charge is 2.09. The van der Waals surface area contributed by atoms with E-state index in [0.29, 0.717) is 0 Å². The Balaban J connectivity index is 3.12. The summed E-state index contributed by atoms with van der Waals surface area (Å²) in [5, 5.41) is 0. The molecule has 74 valence electrons. The zero-order valence-electron chi connectivity index (χ0n) is 8.07. The second-order valence-corrected chi connectivity index (χ2v) is 8.26. The van der Waals surface area contributed by atoms with Crippen molar-refractivity contribution >= 4 is 32.7 Å². The molecule has 0 saturated carbocycles. The van der Waals surface area contributed by atoms with Crippen LogP contribution >= 0.6 is 23.2 Å². The predicted octanol–water partition coefficient (Wildman–Crippen LogP) is 2.54. The molecule has 0 aliphatic carbocycles. The highest BCUT2D eigenvalue weighted by molar-refractivity contribution is 6.68. The minimum Gasteiger partial charge on any atom is -0.376 e. The van der Waals surface area contributed by atoms with E-state index < -0.39 is 0 Å². The smallest absolute Gasteiger partial charge is 0.0908 e. The average molecular weight is 229 g/mol. The van der Waals surface area contributed by atoms with Crippen LogP contribution in [0.25, 0.3) is 0 Å². The number of halogens is 2. The number of rotatable bonds is 5. The maximum absolute atomic E-state index is 5.63. The summed E-state index contributed by atoms with van der Waals surface area (Å²) in [6.45, 7) is 7.03. The van der Waals surface area contributed by atoms with Gasteiger partial charge in [-0.15, -0.1) is 23.2 Å². The lowest BCUT2D eigenvalue weighted by Gasteiger charge is -2.19. The van der Waals surface area contributed by atoms with Crippen LogP contribution in [0.4, 0.5) is 0 Å². The molecular formula is C8H18Cl2OSi. The van der Waals surface area contributed by atoms with E-state index in [1.807, 2.05) is 0 Å². The van der Waals surface area contributed by atoms with Crippen molar-refractivity contribution in [2.75, 3.05) is 6.61 Å². The standard InChI is InChI=1S/C8H18Cl2OSi/c1-8(2,3)11-5-4-6-12-7(9)10/h7H,4-6,12H2,1-3H3. The molecule has 0 aromatic heterocycles. The molecule has 0 fully saturated rings. The van der Waals surface area contributed by atoms with Crippen LogP contribution < -0.4 is 0 Å².